The van der Waals surface area contributed by atoms with Gasteiger partial charge in [-0.2, -0.15) is 4.98 Å². The van der Waals surface area contributed by atoms with Crippen molar-refractivity contribution in [2.75, 3.05) is 29.1 Å². The summed E-state index contributed by atoms with van der Waals surface area (Å²) < 4.78 is 0. The summed E-state index contributed by atoms with van der Waals surface area (Å²) in [5.41, 5.74) is 2.76. The van der Waals surface area contributed by atoms with E-state index < -0.39 is 0 Å². The van der Waals surface area contributed by atoms with E-state index in [1.54, 1.807) is 18.6 Å². The zero-order valence-corrected chi connectivity index (χ0v) is 15.4. The average molecular weight is 362 g/mol. The molecule has 1 amide bonds. The van der Waals surface area contributed by atoms with E-state index in [1.165, 1.54) is 12.5 Å². The highest BCUT2D eigenvalue weighted by Crippen LogP contribution is 2.19. The van der Waals surface area contributed by atoms with Crippen LogP contribution in [0, 0.1) is 0 Å². The van der Waals surface area contributed by atoms with Gasteiger partial charge in [0.1, 0.15) is 5.82 Å². The van der Waals surface area contributed by atoms with E-state index in [0.717, 1.165) is 30.2 Å². The molecule has 27 heavy (non-hydrogen) atoms. The third-order valence-electron chi connectivity index (χ3n) is 3.96. The minimum Gasteiger partial charge on any atom is -0.359 e. The molecule has 0 bridgehead atoms. The summed E-state index contributed by atoms with van der Waals surface area (Å²) >= 11 is 0. The van der Waals surface area contributed by atoms with Crippen molar-refractivity contribution < 1.29 is 4.79 Å². The number of rotatable bonds is 7. The summed E-state index contributed by atoms with van der Waals surface area (Å²) in [4.78, 5) is 26.2. The highest BCUT2D eigenvalue weighted by atomic mass is 16.1. The average Bonchev–Trinajstić information content (AvgIpc) is 2.67. The van der Waals surface area contributed by atoms with Crippen LogP contribution in [-0.4, -0.2) is 34.5 Å². The lowest BCUT2D eigenvalue weighted by Crippen LogP contribution is -2.21. The zero-order chi connectivity index (χ0) is 19.1. The van der Waals surface area contributed by atoms with Gasteiger partial charge in [0, 0.05) is 50.5 Å². The third-order valence-corrected chi connectivity index (χ3v) is 3.96. The van der Waals surface area contributed by atoms with Crippen LogP contribution in [0.15, 0.2) is 61.1 Å². The molecule has 0 aliphatic rings. The summed E-state index contributed by atoms with van der Waals surface area (Å²) in [7, 11) is 2.00. The maximum Gasteiger partial charge on any atom is 0.229 e. The molecule has 0 aliphatic heterocycles. The van der Waals surface area contributed by atoms with Crippen LogP contribution in [0.3, 0.4) is 0 Å². The molecule has 2 heterocycles. The van der Waals surface area contributed by atoms with Gasteiger partial charge in [-0.1, -0.05) is 6.07 Å². The molecular weight excluding hydrogens is 340 g/mol. The highest BCUT2D eigenvalue weighted by molar-refractivity contribution is 5.89. The van der Waals surface area contributed by atoms with Crippen LogP contribution in [0.1, 0.15) is 12.5 Å². The number of nitrogens with one attached hydrogen (secondary N) is 2. The standard InChI is InChI=1S/C20H22N6O/c1-15(27)23-17-4-3-5-18(14-17)24-20-22-12-8-19(25-20)26(2)13-9-16-6-10-21-11-7-16/h3-8,10-12,14H,9,13H2,1-2H3,(H,23,27)(H,22,24,25). The fourth-order valence-corrected chi connectivity index (χ4v) is 2.59. The fourth-order valence-electron chi connectivity index (χ4n) is 2.59. The van der Waals surface area contributed by atoms with Crippen molar-refractivity contribution in [2.45, 2.75) is 13.3 Å². The SMILES string of the molecule is CC(=O)Nc1cccc(Nc2nccc(N(C)CCc3ccncc3)n2)c1. The highest BCUT2D eigenvalue weighted by Gasteiger charge is 2.06. The summed E-state index contributed by atoms with van der Waals surface area (Å²) in [5.74, 6) is 1.23. The number of benzene rings is 1. The van der Waals surface area contributed by atoms with E-state index in [1.807, 2.05) is 49.5 Å². The van der Waals surface area contributed by atoms with E-state index in [9.17, 15) is 4.79 Å². The molecule has 3 rings (SSSR count). The van der Waals surface area contributed by atoms with Crippen molar-refractivity contribution in [1.29, 1.82) is 0 Å². The van der Waals surface area contributed by atoms with E-state index in [-0.39, 0.29) is 5.91 Å². The Labute approximate surface area is 158 Å². The van der Waals surface area contributed by atoms with Gasteiger partial charge in [0.25, 0.3) is 0 Å². The van der Waals surface area contributed by atoms with Gasteiger partial charge in [0.05, 0.1) is 0 Å². The number of hydrogen-bond donors (Lipinski definition) is 2. The predicted molar refractivity (Wildman–Crippen MR) is 107 cm³/mol. The van der Waals surface area contributed by atoms with Gasteiger partial charge in [0.15, 0.2) is 0 Å². The minimum absolute atomic E-state index is 0.110. The second-order valence-electron chi connectivity index (χ2n) is 6.15. The molecule has 0 fully saturated rings. The molecule has 1 aromatic carbocycles. The van der Waals surface area contributed by atoms with Gasteiger partial charge in [-0.05, 0) is 48.4 Å². The maximum atomic E-state index is 11.2. The molecule has 0 atom stereocenters. The van der Waals surface area contributed by atoms with Crippen LogP contribution in [0.4, 0.5) is 23.1 Å². The van der Waals surface area contributed by atoms with Crippen LogP contribution in [0.5, 0.6) is 0 Å². The summed E-state index contributed by atoms with van der Waals surface area (Å²) in [5, 5.41) is 5.94. The van der Waals surface area contributed by atoms with Gasteiger partial charge < -0.3 is 15.5 Å². The van der Waals surface area contributed by atoms with Gasteiger partial charge >= 0.3 is 0 Å². The summed E-state index contributed by atoms with van der Waals surface area (Å²) in [6, 6.07) is 13.3. The molecule has 7 heteroatoms. The third kappa shape index (κ3) is 5.50. The Balaban J connectivity index is 1.65. The molecule has 0 radical (unpaired) electrons. The number of hydrogen-bond acceptors (Lipinski definition) is 6. The molecule has 0 unspecified atom stereocenters. The smallest absolute Gasteiger partial charge is 0.229 e. The maximum absolute atomic E-state index is 11.2. The van der Waals surface area contributed by atoms with Crippen molar-refractivity contribution in [3.8, 4) is 0 Å². The normalized spacial score (nSPS) is 10.3. The van der Waals surface area contributed by atoms with Crippen molar-refractivity contribution in [3.05, 3.63) is 66.6 Å². The predicted octanol–water partition coefficient (Wildman–Crippen LogP) is 3.25. The molecule has 0 saturated heterocycles. The lowest BCUT2D eigenvalue weighted by Gasteiger charge is -2.18. The van der Waals surface area contributed by atoms with E-state index in [4.69, 9.17) is 0 Å². The van der Waals surface area contributed by atoms with Crippen molar-refractivity contribution >= 4 is 29.0 Å². The largest absolute Gasteiger partial charge is 0.359 e. The van der Waals surface area contributed by atoms with E-state index >= 15 is 0 Å². The fraction of sp³-hybridized carbons (Fsp3) is 0.200. The number of carbonyl (C=O) groups excluding carboxylic acids is 1. The Bertz CT molecular complexity index is 900. The van der Waals surface area contributed by atoms with Crippen molar-refractivity contribution in [3.63, 3.8) is 0 Å². The lowest BCUT2D eigenvalue weighted by atomic mass is 10.2. The first kappa shape index (κ1) is 18.3. The van der Waals surface area contributed by atoms with Crippen LogP contribution < -0.4 is 15.5 Å². The first-order chi connectivity index (χ1) is 13.1. The van der Waals surface area contributed by atoms with Gasteiger partial charge in [-0.25, -0.2) is 4.98 Å². The Hall–Kier alpha value is -3.48. The summed E-state index contributed by atoms with van der Waals surface area (Å²) in [6.07, 6.45) is 6.24. The van der Waals surface area contributed by atoms with Gasteiger partial charge in [0.2, 0.25) is 11.9 Å². The summed E-state index contributed by atoms with van der Waals surface area (Å²) in [6.45, 7) is 2.31. The van der Waals surface area contributed by atoms with Crippen molar-refractivity contribution in [2.24, 2.45) is 0 Å². The van der Waals surface area contributed by atoms with Crippen LogP contribution in [-0.2, 0) is 11.2 Å². The minimum atomic E-state index is -0.110. The lowest BCUT2D eigenvalue weighted by molar-refractivity contribution is -0.114. The van der Waals surface area contributed by atoms with E-state index in [0.29, 0.717) is 5.95 Å². The van der Waals surface area contributed by atoms with Crippen LogP contribution >= 0.6 is 0 Å². The molecule has 7 nitrogen and oxygen atoms in total. The molecule has 0 saturated carbocycles. The molecule has 2 N–H and O–H groups in total. The van der Waals surface area contributed by atoms with Crippen LogP contribution in [0.2, 0.25) is 0 Å². The topological polar surface area (TPSA) is 83.0 Å². The number of anilines is 4. The quantitative estimate of drug-likeness (QED) is 0.671. The number of carbonyl (C=O) groups is 1. The monoisotopic (exact) mass is 362 g/mol. The second kappa shape index (κ2) is 8.75. The van der Waals surface area contributed by atoms with Gasteiger partial charge in [-0.15, -0.1) is 0 Å². The number of pyridine rings is 1. The molecular formula is C20H22N6O. The molecule has 0 spiro atoms. The number of likely N-dealkylation sites (N-methyl/N-ethyl adjacent to an activating group) is 1. The number of amides is 1. The molecule has 138 valence electrons. The first-order valence-corrected chi connectivity index (χ1v) is 8.68. The molecule has 3 aromatic rings. The van der Waals surface area contributed by atoms with Crippen LogP contribution in [0.25, 0.3) is 0 Å². The van der Waals surface area contributed by atoms with Crippen molar-refractivity contribution in [1.82, 2.24) is 15.0 Å². The second-order valence-corrected chi connectivity index (χ2v) is 6.15. The first-order valence-electron chi connectivity index (χ1n) is 8.68. The number of nitrogens with zero attached hydrogens (tertiary/aromatic N) is 4. The van der Waals surface area contributed by atoms with Gasteiger partial charge in [-0.3, -0.25) is 9.78 Å². The molecule has 2 aromatic heterocycles. The van der Waals surface area contributed by atoms with E-state index in [2.05, 4.69) is 30.5 Å². The Morgan fingerprint density at radius 3 is 2.63 bits per heavy atom. The molecule has 0 aliphatic carbocycles. The number of aromatic nitrogens is 3. The zero-order valence-electron chi connectivity index (χ0n) is 15.4. The Kier molecular flexibility index (Phi) is 5.94. The Morgan fingerprint density at radius 2 is 1.85 bits per heavy atom. The Morgan fingerprint density at radius 1 is 1.07 bits per heavy atom.